The van der Waals surface area contributed by atoms with Gasteiger partial charge in [0.15, 0.2) is 0 Å². The van der Waals surface area contributed by atoms with Crippen molar-refractivity contribution in [1.29, 1.82) is 0 Å². The number of thiazole rings is 1. The Hall–Kier alpha value is -1.14. The number of rotatable bonds is 3. The van der Waals surface area contributed by atoms with E-state index in [2.05, 4.69) is 13.8 Å². The highest BCUT2D eigenvalue weighted by Crippen LogP contribution is 2.54. The molecule has 3 rings (SSSR count). The normalized spacial score (nSPS) is 29.0. The second-order valence-corrected chi connectivity index (χ2v) is 8.28. The van der Waals surface area contributed by atoms with Crippen molar-refractivity contribution in [3.8, 4) is 0 Å². The second kappa shape index (κ2) is 5.20. The van der Waals surface area contributed by atoms with Gasteiger partial charge in [-0.3, -0.25) is 14.2 Å². The molecule has 122 valence electrons. The number of carbonyl (C=O) groups excluding carboxylic acids is 1. The third-order valence-electron chi connectivity index (χ3n) is 5.52. The summed E-state index contributed by atoms with van der Waals surface area (Å²) in [6.45, 7) is 9.08. The molecular formula is C16H24N2O3S. The van der Waals surface area contributed by atoms with E-state index in [4.69, 9.17) is 4.74 Å². The molecule has 0 radical (unpaired) electrons. The van der Waals surface area contributed by atoms with E-state index in [0.717, 1.165) is 23.6 Å². The van der Waals surface area contributed by atoms with Gasteiger partial charge in [0.25, 0.3) is 0 Å². The van der Waals surface area contributed by atoms with Gasteiger partial charge in [0.2, 0.25) is 5.91 Å². The van der Waals surface area contributed by atoms with Crippen LogP contribution in [0.15, 0.2) is 4.79 Å². The van der Waals surface area contributed by atoms with Crippen LogP contribution in [0.2, 0.25) is 0 Å². The number of likely N-dealkylation sites (N-methyl/N-ethyl adjacent to an activating group) is 1. The number of amides is 1. The van der Waals surface area contributed by atoms with Crippen LogP contribution < -0.4 is 4.87 Å². The maximum atomic E-state index is 12.7. The molecule has 3 atom stereocenters. The first-order valence-corrected chi connectivity index (χ1v) is 8.61. The summed E-state index contributed by atoms with van der Waals surface area (Å²) < 4.78 is 7.39. The highest BCUT2D eigenvalue weighted by molar-refractivity contribution is 7.09. The molecule has 2 heterocycles. The first-order chi connectivity index (χ1) is 10.2. The largest absolute Gasteiger partial charge is 0.377 e. The Kier molecular flexibility index (Phi) is 3.72. The van der Waals surface area contributed by atoms with Crippen LogP contribution in [0.4, 0.5) is 0 Å². The van der Waals surface area contributed by atoms with Crippen molar-refractivity contribution in [2.24, 2.45) is 11.3 Å². The monoisotopic (exact) mass is 324 g/mol. The van der Waals surface area contributed by atoms with Crippen molar-refractivity contribution in [3.63, 3.8) is 0 Å². The Morgan fingerprint density at radius 3 is 2.73 bits per heavy atom. The molecule has 2 fully saturated rings. The van der Waals surface area contributed by atoms with Gasteiger partial charge in [-0.2, -0.15) is 0 Å². The van der Waals surface area contributed by atoms with Gasteiger partial charge in [-0.05, 0) is 20.3 Å². The maximum absolute atomic E-state index is 12.7. The minimum atomic E-state index is -0.0494. The lowest BCUT2D eigenvalue weighted by Crippen LogP contribution is -2.67. The van der Waals surface area contributed by atoms with Crippen LogP contribution in [0.25, 0.3) is 0 Å². The molecule has 1 aromatic heterocycles. The van der Waals surface area contributed by atoms with E-state index in [0.29, 0.717) is 5.92 Å². The number of ether oxygens (including phenoxy) is 1. The van der Waals surface area contributed by atoms with Crippen molar-refractivity contribution in [2.75, 3.05) is 13.7 Å². The summed E-state index contributed by atoms with van der Waals surface area (Å²) in [6.07, 6.45) is 1.29. The molecule has 1 amide bonds. The van der Waals surface area contributed by atoms with E-state index < -0.39 is 0 Å². The fourth-order valence-corrected chi connectivity index (χ4v) is 5.09. The number of nitrogens with zero attached hydrogens (tertiary/aromatic N) is 2. The van der Waals surface area contributed by atoms with Gasteiger partial charge < -0.3 is 9.64 Å². The van der Waals surface area contributed by atoms with E-state index in [-0.39, 0.29) is 34.9 Å². The van der Waals surface area contributed by atoms with Crippen LogP contribution in [-0.4, -0.2) is 41.2 Å². The van der Waals surface area contributed by atoms with Crippen LogP contribution in [0.5, 0.6) is 0 Å². The van der Waals surface area contributed by atoms with Gasteiger partial charge >= 0.3 is 4.87 Å². The Bertz CT molecular complexity index is 661. The molecular weight excluding hydrogens is 300 g/mol. The third-order valence-corrected chi connectivity index (χ3v) is 6.51. The summed E-state index contributed by atoms with van der Waals surface area (Å²) in [6, 6.07) is 0.197. The molecule has 0 bridgehead atoms. The summed E-state index contributed by atoms with van der Waals surface area (Å²) in [5.74, 6) is 0.442. The number of fused-ring (bicyclic) bond motifs is 1. The zero-order valence-corrected chi connectivity index (χ0v) is 14.7. The summed E-state index contributed by atoms with van der Waals surface area (Å²) in [4.78, 5) is 27.4. The number of carbonyl (C=O) groups is 1. The molecule has 2 aliphatic rings. The molecule has 0 aromatic carbocycles. The predicted molar refractivity (Wildman–Crippen MR) is 86.2 cm³/mol. The molecule has 0 N–H and O–H groups in total. The van der Waals surface area contributed by atoms with Gasteiger partial charge in [0.1, 0.15) is 6.54 Å². The number of aryl methyl sites for hydroxylation is 1. The van der Waals surface area contributed by atoms with Gasteiger partial charge in [0, 0.05) is 41.6 Å². The molecule has 1 aromatic rings. The first kappa shape index (κ1) is 15.7. The van der Waals surface area contributed by atoms with Gasteiger partial charge in [-0.25, -0.2) is 0 Å². The SMILES string of the molecule is Cc1sc(=O)n(CC(=O)N(C)[C@@H]2[C@@H]3CCO[C@@H]3C2(C)C)c1C. The molecule has 0 spiro atoms. The van der Waals surface area contributed by atoms with Gasteiger partial charge in [-0.1, -0.05) is 25.2 Å². The lowest BCUT2D eigenvalue weighted by Gasteiger charge is -2.57. The minimum absolute atomic E-state index is 0.00595. The molecule has 1 aliphatic heterocycles. The zero-order valence-electron chi connectivity index (χ0n) is 13.9. The van der Waals surface area contributed by atoms with Crippen LogP contribution in [0.1, 0.15) is 30.8 Å². The zero-order chi connectivity index (χ0) is 16.2. The Morgan fingerprint density at radius 1 is 1.45 bits per heavy atom. The van der Waals surface area contributed by atoms with Crippen LogP contribution >= 0.6 is 11.3 Å². The highest BCUT2D eigenvalue weighted by Gasteiger charge is 2.61. The minimum Gasteiger partial charge on any atom is -0.377 e. The summed E-state index contributed by atoms with van der Waals surface area (Å²) in [5, 5.41) is 0. The lowest BCUT2D eigenvalue weighted by molar-refractivity contribution is -0.167. The second-order valence-electron chi connectivity index (χ2n) is 7.11. The van der Waals surface area contributed by atoms with E-state index >= 15 is 0 Å². The molecule has 22 heavy (non-hydrogen) atoms. The number of aromatic nitrogens is 1. The summed E-state index contributed by atoms with van der Waals surface area (Å²) in [7, 11) is 1.86. The first-order valence-electron chi connectivity index (χ1n) is 7.79. The number of hydrogen-bond donors (Lipinski definition) is 0. The molecule has 1 saturated heterocycles. The van der Waals surface area contributed by atoms with Gasteiger partial charge in [0.05, 0.1) is 6.10 Å². The highest BCUT2D eigenvalue weighted by atomic mass is 32.1. The van der Waals surface area contributed by atoms with Crippen molar-refractivity contribution in [2.45, 2.75) is 52.8 Å². The van der Waals surface area contributed by atoms with Gasteiger partial charge in [-0.15, -0.1) is 0 Å². The lowest BCUT2D eigenvalue weighted by atomic mass is 9.57. The molecule has 6 heteroatoms. The molecule has 1 saturated carbocycles. The van der Waals surface area contributed by atoms with Crippen molar-refractivity contribution in [1.82, 2.24) is 9.47 Å². The fraction of sp³-hybridized carbons (Fsp3) is 0.750. The smallest absolute Gasteiger partial charge is 0.308 e. The Labute approximate surface area is 134 Å². The van der Waals surface area contributed by atoms with E-state index in [9.17, 15) is 9.59 Å². The predicted octanol–water partition coefficient (Wildman–Crippen LogP) is 1.80. The molecule has 0 unspecified atom stereocenters. The molecule has 5 nitrogen and oxygen atoms in total. The summed E-state index contributed by atoms with van der Waals surface area (Å²) in [5.41, 5.74) is 0.877. The average Bonchev–Trinajstić information content (AvgIpc) is 2.97. The van der Waals surface area contributed by atoms with Crippen LogP contribution in [0, 0.1) is 25.2 Å². The molecule has 1 aliphatic carbocycles. The fourth-order valence-electron chi connectivity index (χ4n) is 4.26. The third kappa shape index (κ3) is 2.15. The number of hydrogen-bond acceptors (Lipinski definition) is 4. The van der Waals surface area contributed by atoms with Crippen molar-refractivity contribution in [3.05, 3.63) is 20.2 Å². The van der Waals surface area contributed by atoms with E-state index in [1.807, 2.05) is 25.8 Å². The standard InChI is InChI=1S/C16H24N2O3S/c1-9-10(2)22-15(20)18(9)8-12(19)17(5)13-11-6-7-21-14(11)16(13,3)4/h11,13-14H,6-8H2,1-5H3/t11-,13+,14-/m0/s1. The average molecular weight is 324 g/mol. The van der Waals surface area contributed by atoms with Crippen LogP contribution in [-0.2, 0) is 16.1 Å². The van der Waals surface area contributed by atoms with E-state index in [1.165, 1.54) is 11.3 Å². The van der Waals surface area contributed by atoms with Crippen molar-refractivity contribution < 1.29 is 9.53 Å². The van der Waals surface area contributed by atoms with Crippen LogP contribution in [0.3, 0.4) is 0 Å². The topological polar surface area (TPSA) is 51.5 Å². The Balaban J connectivity index is 1.77. The summed E-state index contributed by atoms with van der Waals surface area (Å²) >= 11 is 1.21. The quantitative estimate of drug-likeness (QED) is 0.852. The van der Waals surface area contributed by atoms with E-state index in [1.54, 1.807) is 4.57 Å². The Morgan fingerprint density at radius 2 is 2.14 bits per heavy atom. The maximum Gasteiger partial charge on any atom is 0.308 e. The van der Waals surface area contributed by atoms with Crippen molar-refractivity contribution >= 4 is 17.2 Å².